The van der Waals surface area contributed by atoms with Gasteiger partial charge in [-0.1, -0.05) is 6.07 Å². The smallest absolute Gasteiger partial charge is 0.231 e. The number of nitrogens with one attached hydrogen (secondary N) is 1. The lowest BCUT2D eigenvalue weighted by atomic mass is 10.0. The van der Waals surface area contributed by atoms with Crippen molar-refractivity contribution in [2.45, 2.75) is 19.2 Å². The molecule has 29 heavy (non-hydrogen) atoms. The van der Waals surface area contributed by atoms with Crippen LogP contribution in [0.5, 0.6) is 0 Å². The predicted molar refractivity (Wildman–Crippen MR) is 105 cm³/mol. The maximum Gasteiger partial charge on any atom is 0.231 e. The molecule has 2 N–H and O–H groups in total. The van der Waals surface area contributed by atoms with Gasteiger partial charge in [-0.15, -0.1) is 0 Å². The number of halogens is 1. The van der Waals surface area contributed by atoms with Crippen LogP contribution >= 0.6 is 0 Å². The van der Waals surface area contributed by atoms with Gasteiger partial charge in [0.15, 0.2) is 5.82 Å². The van der Waals surface area contributed by atoms with Gasteiger partial charge in [-0.25, -0.2) is 14.1 Å². The van der Waals surface area contributed by atoms with Crippen LogP contribution < -0.4 is 5.32 Å². The fourth-order valence-electron chi connectivity index (χ4n) is 3.40. The third kappa shape index (κ3) is 3.27. The van der Waals surface area contributed by atoms with Crippen LogP contribution in [0.4, 0.5) is 10.2 Å². The number of amides is 1. The van der Waals surface area contributed by atoms with E-state index in [4.69, 9.17) is 0 Å². The van der Waals surface area contributed by atoms with E-state index in [0.29, 0.717) is 11.5 Å². The van der Waals surface area contributed by atoms with Gasteiger partial charge in [0.1, 0.15) is 11.8 Å². The number of aromatic nitrogens is 4. The van der Waals surface area contributed by atoms with Crippen molar-refractivity contribution in [1.29, 1.82) is 0 Å². The number of anilines is 1. The second-order valence-electron chi connectivity index (χ2n) is 7.11. The van der Waals surface area contributed by atoms with Crippen molar-refractivity contribution in [2.24, 2.45) is 5.92 Å². The normalized spacial score (nSPS) is 18.1. The summed E-state index contributed by atoms with van der Waals surface area (Å²) in [5.74, 6) is -0.512. The summed E-state index contributed by atoms with van der Waals surface area (Å²) >= 11 is 0. The molecule has 8 heteroatoms. The van der Waals surface area contributed by atoms with E-state index in [9.17, 15) is 14.3 Å². The molecule has 1 aliphatic carbocycles. The number of carbonyl (C=O) groups excluding carboxylic acids is 1. The van der Waals surface area contributed by atoms with Crippen LogP contribution in [0.1, 0.15) is 12.0 Å². The van der Waals surface area contributed by atoms with Gasteiger partial charge in [0.05, 0.1) is 24.4 Å². The average Bonchev–Trinajstić information content (AvgIpc) is 3.12. The van der Waals surface area contributed by atoms with E-state index in [2.05, 4.69) is 15.4 Å². The number of aliphatic hydroxyl groups is 1. The fourth-order valence-corrected chi connectivity index (χ4v) is 3.40. The molecule has 0 bridgehead atoms. The summed E-state index contributed by atoms with van der Waals surface area (Å²) in [6.45, 7) is -0.0935. The minimum absolute atomic E-state index is 0.0935. The lowest BCUT2D eigenvalue weighted by Crippen LogP contribution is -2.15. The molecule has 3 aromatic heterocycles. The molecule has 2 unspecified atom stereocenters. The van der Waals surface area contributed by atoms with E-state index in [1.54, 1.807) is 21.5 Å². The zero-order valence-electron chi connectivity index (χ0n) is 15.4. The summed E-state index contributed by atoms with van der Waals surface area (Å²) in [5.41, 5.74) is 4.09. The van der Waals surface area contributed by atoms with Crippen molar-refractivity contribution in [3.63, 3.8) is 0 Å². The molecule has 5 rings (SSSR count). The summed E-state index contributed by atoms with van der Waals surface area (Å²) in [6, 6.07) is 11.3. The third-order valence-electron chi connectivity index (χ3n) is 5.10. The highest BCUT2D eigenvalue weighted by Gasteiger charge is 2.43. The zero-order chi connectivity index (χ0) is 20.0. The number of imidazole rings is 1. The first-order valence-corrected chi connectivity index (χ1v) is 9.30. The molecule has 3 heterocycles. The van der Waals surface area contributed by atoms with Crippen LogP contribution in [0.15, 0.2) is 61.2 Å². The predicted octanol–water partition coefficient (Wildman–Crippen LogP) is 2.98. The molecule has 1 aromatic carbocycles. The number of carbonyl (C=O) groups is 1. The van der Waals surface area contributed by atoms with Gasteiger partial charge in [0, 0.05) is 18.6 Å². The molecule has 0 saturated heterocycles. The first kappa shape index (κ1) is 17.6. The van der Waals surface area contributed by atoms with E-state index in [0.717, 1.165) is 22.4 Å². The highest BCUT2D eigenvalue weighted by atomic mass is 19.1. The standard InChI is InChI=1S/C21H18FN5O2/c22-18-9-17(18)21(29)25-19-11-26-10-13(3-5-20(26)24-19)16-8-15(4-2-14(16)12-28)27-7-1-6-23-27/h1-8,10-11,17-18,28H,9,12H2,(H,25,29). The van der Waals surface area contributed by atoms with Gasteiger partial charge in [-0.3, -0.25) is 4.79 Å². The first-order chi connectivity index (χ1) is 14.1. The number of nitrogens with zero attached hydrogens (tertiary/aromatic N) is 4. The zero-order valence-corrected chi connectivity index (χ0v) is 15.4. The van der Waals surface area contributed by atoms with Gasteiger partial charge >= 0.3 is 0 Å². The highest BCUT2D eigenvalue weighted by Crippen LogP contribution is 2.34. The average molecular weight is 391 g/mol. The topological polar surface area (TPSA) is 84.5 Å². The van der Waals surface area contributed by atoms with Crippen LogP contribution in [0.2, 0.25) is 0 Å². The van der Waals surface area contributed by atoms with Crippen LogP contribution in [0.3, 0.4) is 0 Å². The van der Waals surface area contributed by atoms with Crippen molar-refractivity contribution in [2.75, 3.05) is 5.32 Å². The highest BCUT2D eigenvalue weighted by molar-refractivity contribution is 5.94. The summed E-state index contributed by atoms with van der Waals surface area (Å²) in [5, 5.41) is 16.7. The maximum atomic E-state index is 13.1. The largest absolute Gasteiger partial charge is 0.392 e. The Bertz CT molecular complexity index is 1200. The Morgan fingerprint density at radius 1 is 1.28 bits per heavy atom. The quantitative estimate of drug-likeness (QED) is 0.548. The van der Waals surface area contributed by atoms with Crippen molar-refractivity contribution < 1.29 is 14.3 Å². The number of alkyl halides is 1. The van der Waals surface area contributed by atoms with Crippen molar-refractivity contribution in [3.05, 3.63) is 66.7 Å². The van der Waals surface area contributed by atoms with Crippen molar-refractivity contribution >= 4 is 17.4 Å². The molecule has 7 nitrogen and oxygen atoms in total. The number of fused-ring (bicyclic) bond motifs is 1. The van der Waals surface area contributed by atoms with Crippen molar-refractivity contribution in [1.82, 2.24) is 19.2 Å². The second-order valence-corrected chi connectivity index (χ2v) is 7.11. The molecule has 2 atom stereocenters. The Balaban J connectivity index is 1.50. The number of hydrogen-bond donors (Lipinski definition) is 2. The Kier molecular flexibility index (Phi) is 4.13. The minimum Gasteiger partial charge on any atom is -0.392 e. The maximum absolute atomic E-state index is 13.1. The number of pyridine rings is 1. The first-order valence-electron chi connectivity index (χ1n) is 9.30. The number of aliphatic hydroxyl groups excluding tert-OH is 1. The molecule has 0 aliphatic heterocycles. The van der Waals surface area contributed by atoms with E-state index >= 15 is 0 Å². The van der Waals surface area contributed by atoms with Crippen LogP contribution in [-0.2, 0) is 11.4 Å². The van der Waals surface area contributed by atoms with Gasteiger partial charge in [0.2, 0.25) is 5.91 Å². The molecule has 1 fully saturated rings. The number of hydrogen-bond acceptors (Lipinski definition) is 4. The molecular weight excluding hydrogens is 373 g/mol. The molecule has 4 aromatic rings. The van der Waals surface area contributed by atoms with E-state index in [1.165, 1.54) is 0 Å². The molecule has 0 radical (unpaired) electrons. The third-order valence-corrected chi connectivity index (χ3v) is 5.10. The fraction of sp³-hybridized carbons (Fsp3) is 0.190. The van der Waals surface area contributed by atoms with Gasteiger partial charge in [0.25, 0.3) is 0 Å². The molecule has 0 spiro atoms. The Morgan fingerprint density at radius 3 is 2.86 bits per heavy atom. The number of benzene rings is 1. The van der Waals surface area contributed by atoms with Gasteiger partial charge < -0.3 is 14.8 Å². The summed E-state index contributed by atoms with van der Waals surface area (Å²) in [7, 11) is 0. The molecule has 1 saturated carbocycles. The Morgan fingerprint density at radius 2 is 2.14 bits per heavy atom. The molecule has 146 valence electrons. The van der Waals surface area contributed by atoms with Crippen LogP contribution in [-0.4, -0.2) is 36.4 Å². The molecule has 1 aliphatic rings. The van der Waals surface area contributed by atoms with Gasteiger partial charge in [-0.05, 0) is 53.4 Å². The van der Waals surface area contributed by atoms with Gasteiger partial charge in [-0.2, -0.15) is 5.10 Å². The van der Waals surface area contributed by atoms with E-state index in [1.807, 2.05) is 48.8 Å². The summed E-state index contributed by atoms with van der Waals surface area (Å²) < 4.78 is 16.6. The SMILES string of the molecule is O=C(Nc1cn2cc(-c3cc(-n4cccn4)ccc3CO)ccc2n1)C1CC1F. The minimum atomic E-state index is -1.04. The van der Waals surface area contributed by atoms with E-state index < -0.39 is 12.1 Å². The van der Waals surface area contributed by atoms with Crippen LogP contribution in [0, 0.1) is 5.92 Å². The lowest BCUT2D eigenvalue weighted by molar-refractivity contribution is -0.117. The molecular formula is C21H18FN5O2. The number of rotatable bonds is 5. The van der Waals surface area contributed by atoms with Crippen molar-refractivity contribution in [3.8, 4) is 16.8 Å². The monoisotopic (exact) mass is 391 g/mol. The molecule has 1 amide bonds. The summed E-state index contributed by atoms with van der Waals surface area (Å²) in [6.07, 6.45) is 6.38. The summed E-state index contributed by atoms with van der Waals surface area (Å²) in [4.78, 5) is 16.3. The van der Waals surface area contributed by atoms with E-state index in [-0.39, 0.29) is 18.9 Å². The van der Waals surface area contributed by atoms with Crippen LogP contribution in [0.25, 0.3) is 22.5 Å². The Labute approximate surface area is 165 Å². The Hall–Kier alpha value is -3.52. The lowest BCUT2D eigenvalue weighted by Gasteiger charge is -2.11. The second kappa shape index (κ2) is 6.82.